The van der Waals surface area contributed by atoms with Crippen LogP contribution in [0.1, 0.15) is 64.7 Å². The molecule has 5 fully saturated rings. The molecule has 246 valence electrons. The molecular weight excluding hydrogens is 602 g/mol. The van der Waals surface area contributed by atoms with Crippen molar-refractivity contribution in [2.24, 2.45) is 17.8 Å². The van der Waals surface area contributed by atoms with Gasteiger partial charge in [0.15, 0.2) is 0 Å². The summed E-state index contributed by atoms with van der Waals surface area (Å²) < 4.78 is 89.1. The molecule has 3 aliphatic heterocycles. The zero-order valence-corrected chi connectivity index (χ0v) is 24.1. The smallest absolute Gasteiger partial charge is 0.461 e. The van der Waals surface area contributed by atoms with Crippen molar-refractivity contribution in [3.05, 3.63) is 11.9 Å². The lowest BCUT2D eigenvalue weighted by atomic mass is 9.71. The van der Waals surface area contributed by atoms with E-state index in [1.54, 1.807) is 5.32 Å². The number of rotatable bonds is 11. The van der Waals surface area contributed by atoms with Crippen molar-refractivity contribution in [2.75, 3.05) is 13.2 Å². The van der Waals surface area contributed by atoms with E-state index in [1.165, 1.54) is 6.92 Å². The van der Waals surface area contributed by atoms with Crippen molar-refractivity contribution in [3.8, 4) is 0 Å². The van der Waals surface area contributed by atoms with Crippen LogP contribution >= 0.6 is 0 Å². The summed E-state index contributed by atoms with van der Waals surface area (Å²) >= 11 is 0. The number of alkyl halides is 5. The average molecular weight is 639 g/mol. The van der Waals surface area contributed by atoms with E-state index in [0.29, 0.717) is 31.9 Å². The SMILES string of the molecule is CCOC(=O)/C(F)=C/[C@H](C[C@H]1CCNC1=O)NC(=O)[C@H]1[C@H]2CC[C@H](CC2(F)F)N1C(=O)[C@H](CC1CCC1)NC(=O)C(F)(F)F. The van der Waals surface area contributed by atoms with Gasteiger partial charge < -0.3 is 25.6 Å². The standard InChI is InChI=1S/C28H36F6N4O6/c1-2-44-25(42)19(29)12-16(11-15-8-9-35-22(15)39)36-23(40)21-18-7-6-17(13-27(18,30)31)38(21)24(41)20(10-14-4-3-5-14)37-26(43)28(32,33)34/h12,14-18,20-21H,2-11,13H2,1H3,(H,35,39)(H,36,40)(H,37,43)/b19-12-/t15-,16+,17-,18-,20+,21-/m1/s1. The van der Waals surface area contributed by atoms with E-state index in [0.717, 1.165) is 11.3 Å². The lowest BCUT2D eigenvalue weighted by Gasteiger charge is -2.54. The van der Waals surface area contributed by atoms with Gasteiger partial charge in [-0.2, -0.15) is 17.6 Å². The molecule has 10 nitrogen and oxygen atoms in total. The molecule has 0 unspecified atom stereocenters. The summed E-state index contributed by atoms with van der Waals surface area (Å²) in [5.74, 6) is -13.7. The first-order valence-electron chi connectivity index (χ1n) is 14.8. The maximum Gasteiger partial charge on any atom is 0.471 e. The van der Waals surface area contributed by atoms with Gasteiger partial charge in [0.25, 0.3) is 5.92 Å². The minimum Gasteiger partial charge on any atom is -0.461 e. The van der Waals surface area contributed by atoms with Crippen LogP contribution in [0.5, 0.6) is 0 Å². The second-order valence-electron chi connectivity index (χ2n) is 11.9. The molecule has 3 heterocycles. The zero-order valence-electron chi connectivity index (χ0n) is 24.1. The van der Waals surface area contributed by atoms with E-state index in [1.807, 2.05) is 0 Å². The first-order chi connectivity index (χ1) is 20.6. The number of ether oxygens (including phenoxy) is 1. The van der Waals surface area contributed by atoms with Gasteiger partial charge >= 0.3 is 18.1 Å². The maximum absolute atomic E-state index is 15.2. The Kier molecular flexibility index (Phi) is 10.2. The molecule has 2 aliphatic carbocycles. The van der Waals surface area contributed by atoms with E-state index in [-0.39, 0.29) is 38.2 Å². The van der Waals surface area contributed by atoms with E-state index < -0.39 is 89.9 Å². The van der Waals surface area contributed by atoms with Crippen LogP contribution in [0.3, 0.4) is 0 Å². The molecule has 0 radical (unpaired) electrons. The van der Waals surface area contributed by atoms with Gasteiger partial charge in [0, 0.05) is 24.9 Å². The summed E-state index contributed by atoms with van der Waals surface area (Å²) in [5, 5.41) is 6.69. The van der Waals surface area contributed by atoms with Crippen molar-refractivity contribution < 1.29 is 55.1 Å². The number of nitrogens with one attached hydrogen (secondary N) is 3. The number of fused-ring (bicyclic) bond motifs is 3. The van der Waals surface area contributed by atoms with Crippen molar-refractivity contribution in [1.82, 2.24) is 20.9 Å². The Bertz CT molecular complexity index is 1180. The van der Waals surface area contributed by atoms with Gasteiger partial charge in [0.1, 0.15) is 12.1 Å². The number of esters is 1. The molecule has 2 saturated carbocycles. The summed E-state index contributed by atoms with van der Waals surface area (Å²) in [5.41, 5.74) is 0. The Morgan fingerprint density at radius 3 is 2.34 bits per heavy atom. The molecule has 0 spiro atoms. The van der Waals surface area contributed by atoms with Crippen LogP contribution in [0, 0.1) is 17.8 Å². The van der Waals surface area contributed by atoms with Crippen molar-refractivity contribution in [3.63, 3.8) is 0 Å². The Morgan fingerprint density at radius 2 is 1.80 bits per heavy atom. The Balaban J connectivity index is 1.64. The van der Waals surface area contributed by atoms with E-state index in [2.05, 4.69) is 15.4 Å². The number of halogens is 6. The fourth-order valence-corrected chi connectivity index (χ4v) is 6.59. The highest BCUT2D eigenvalue weighted by Crippen LogP contribution is 2.49. The number of carbonyl (C=O) groups is 5. The number of hydrogen-bond donors (Lipinski definition) is 3. The summed E-state index contributed by atoms with van der Waals surface area (Å²) in [6.07, 6.45) is -3.60. The van der Waals surface area contributed by atoms with Crippen LogP contribution in [0.25, 0.3) is 0 Å². The lowest BCUT2D eigenvalue weighted by Crippen LogP contribution is -2.71. The molecule has 16 heteroatoms. The Morgan fingerprint density at radius 1 is 1.09 bits per heavy atom. The first kappa shape index (κ1) is 33.6. The fourth-order valence-electron chi connectivity index (χ4n) is 6.59. The van der Waals surface area contributed by atoms with Gasteiger partial charge in [0.05, 0.1) is 18.6 Å². The van der Waals surface area contributed by atoms with Gasteiger partial charge in [0.2, 0.25) is 23.5 Å². The number of amides is 4. The predicted octanol–water partition coefficient (Wildman–Crippen LogP) is 2.67. The average Bonchev–Trinajstić information content (AvgIpc) is 3.31. The summed E-state index contributed by atoms with van der Waals surface area (Å²) in [4.78, 5) is 64.4. The minimum absolute atomic E-state index is 0.0577. The van der Waals surface area contributed by atoms with Gasteiger partial charge in [-0.05, 0) is 51.0 Å². The highest BCUT2D eigenvalue weighted by molar-refractivity contribution is 5.94. The minimum atomic E-state index is -5.31. The molecule has 0 aromatic rings. The second-order valence-corrected chi connectivity index (χ2v) is 11.9. The van der Waals surface area contributed by atoms with Gasteiger partial charge in [-0.1, -0.05) is 19.3 Å². The molecule has 2 bridgehead atoms. The first-order valence-corrected chi connectivity index (χ1v) is 14.8. The summed E-state index contributed by atoms with van der Waals surface area (Å²) in [6, 6.07) is -6.15. The fraction of sp³-hybridized carbons (Fsp3) is 0.750. The van der Waals surface area contributed by atoms with Gasteiger partial charge in [-0.3, -0.25) is 19.2 Å². The van der Waals surface area contributed by atoms with Crippen LogP contribution in [0.15, 0.2) is 11.9 Å². The zero-order chi connectivity index (χ0) is 32.4. The van der Waals surface area contributed by atoms with Crippen molar-refractivity contribution >= 4 is 29.6 Å². The highest BCUT2D eigenvalue weighted by Gasteiger charge is 2.61. The molecular formula is C28H36F6N4O6. The molecule has 44 heavy (non-hydrogen) atoms. The molecule has 4 amide bonds. The van der Waals surface area contributed by atoms with E-state index >= 15 is 8.78 Å². The second kappa shape index (κ2) is 13.3. The molecule has 3 saturated heterocycles. The van der Waals surface area contributed by atoms with Crippen LogP contribution in [-0.2, 0) is 28.7 Å². The number of hydrogen-bond acceptors (Lipinski definition) is 6. The van der Waals surface area contributed by atoms with Crippen molar-refractivity contribution in [2.45, 2.75) is 101 Å². The van der Waals surface area contributed by atoms with E-state index in [4.69, 9.17) is 0 Å². The third-order valence-corrected chi connectivity index (χ3v) is 8.96. The third-order valence-electron chi connectivity index (χ3n) is 8.96. The Hall–Kier alpha value is -3.33. The molecule has 5 rings (SSSR count). The van der Waals surface area contributed by atoms with Crippen LogP contribution in [0.4, 0.5) is 26.3 Å². The molecule has 3 N–H and O–H groups in total. The van der Waals surface area contributed by atoms with Gasteiger partial charge in [-0.15, -0.1) is 0 Å². The highest BCUT2D eigenvalue weighted by atomic mass is 19.4. The summed E-state index contributed by atoms with van der Waals surface area (Å²) in [7, 11) is 0. The number of nitrogens with zero attached hydrogens (tertiary/aromatic N) is 1. The predicted molar refractivity (Wildman–Crippen MR) is 140 cm³/mol. The Labute approximate surface area is 249 Å². The maximum atomic E-state index is 15.2. The quantitative estimate of drug-likeness (QED) is 0.181. The van der Waals surface area contributed by atoms with Crippen LogP contribution < -0.4 is 16.0 Å². The third kappa shape index (κ3) is 7.48. The van der Waals surface area contributed by atoms with Crippen LogP contribution in [0.2, 0.25) is 0 Å². The van der Waals surface area contributed by atoms with Crippen LogP contribution in [-0.4, -0.2) is 83.9 Å². The number of piperidine rings is 2. The van der Waals surface area contributed by atoms with Crippen molar-refractivity contribution in [1.29, 1.82) is 0 Å². The molecule has 0 aromatic heterocycles. The topological polar surface area (TPSA) is 134 Å². The molecule has 6 atom stereocenters. The number of carbonyl (C=O) groups excluding carboxylic acids is 5. The van der Waals surface area contributed by atoms with Gasteiger partial charge in [-0.25, -0.2) is 13.6 Å². The lowest BCUT2D eigenvalue weighted by molar-refractivity contribution is -0.196. The molecule has 0 aromatic carbocycles. The van der Waals surface area contributed by atoms with E-state index in [9.17, 15) is 41.5 Å². The summed E-state index contributed by atoms with van der Waals surface area (Å²) in [6.45, 7) is 1.58. The largest absolute Gasteiger partial charge is 0.471 e. The monoisotopic (exact) mass is 638 g/mol. The normalized spacial score (nSPS) is 28.0. The molecule has 5 aliphatic rings.